The Morgan fingerprint density at radius 1 is 1.32 bits per heavy atom. The number of hydrogen-bond donors (Lipinski definition) is 1. The average Bonchev–Trinajstić information content (AvgIpc) is 3.11. The van der Waals surface area contributed by atoms with Crippen LogP contribution in [0.5, 0.6) is 11.5 Å². The number of rotatable bonds is 6. The summed E-state index contributed by atoms with van der Waals surface area (Å²) in [5, 5.41) is 5.54. The maximum atomic E-state index is 12.5. The fourth-order valence-corrected chi connectivity index (χ4v) is 3.34. The average molecular weight is 363 g/mol. The van der Waals surface area contributed by atoms with Crippen LogP contribution in [0.4, 0.5) is 5.69 Å². The first-order valence-electron chi connectivity index (χ1n) is 7.97. The number of benzene rings is 1. The lowest BCUT2D eigenvalue weighted by molar-refractivity contribution is 0.0341. The Balaban J connectivity index is 1.65. The molecule has 25 heavy (non-hydrogen) atoms. The second-order valence-electron chi connectivity index (χ2n) is 5.54. The summed E-state index contributed by atoms with van der Waals surface area (Å²) in [6.07, 6.45) is 0. The van der Waals surface area contributed by atoms with E-state index in [-0.39, 0.29) is 5.91 Å². The summed E-state index contributed by atoms with van der Waals surface area (Å²) < 4.78 is 15.8. The van der Waals surface area contributed by atoms with Crippen molar-refractivity contribution in [3.8, 4) is 11.5 Å². The molecule has 1 saturated heterocycles. The number of ether oxygens (including phenoxy) is 3. The minimum absolute atomic E-state index is 0.257. The second-order valence-corrected chi connectivity index (χ2v) is 6.48. The van der Waals surface area contributed by atoms with Gasteiger partial charge in [-0.15, -0.1) is 11.3 Å². The van der Waals surface area contributed by atoms with Crippen molar-refractivity contribution >= 4 is 22.9 Å². The number of thiazole rings is 1. The van der Waals surface area contributed by atoms with Crippen LogP contribution < -0.4 is 14.8 Å². The summed E-state index contributed by atoms with van der Waals surface area (Å²) in [6, 6.07) is 5.24. The second kappa shape index (κ2) is 8.28. The van der Waals surface area contributed by atoms with Crippen molar-refractivity contribution in [3.05, 3.63) is 34.3 Å². The molecule has 8 heteroatoms. The molecule has 2 aromatic rings. The molecule has 7 nitrogen and oxygen atoms in total. The molecule has 1 N–H and O–H groups in total. The molecule has 0 spiro atoms. The highest BCUT2D eigenvalue weighted by Gasteiger charge is 2.16. The Bertz CT molecular complexity index is 728. The molecule has 0 atom stereocenters. The fourth-order valence-electron chi connectivity index (χ4n) is 2.53. The SMILES string of the molecule is COc1ccc(NC(=O)c2csc(CN3CCOCC3)n2)c(OC)c1. The number of amides is 1. The molecule has 1 fully saturated rings. The van der Waals surface area contributed by atoms with E-state index in [0.717, 1.165) is 37.9 Å². The lowest BCUT2D eigenvalue weighted by Crippen LogP contribution is -2.35. The highest BCUT2D eigenvalue weighted by atomic mass is 32.1. The van der Waals surface area contributed by atoms with Gasteiger partial charge in [0.15, 0.2) is 0 Å². The number of methoxy groups -OCH3 is 2. The van der Waals surface area contributed by atoms with Crippen LogP contribution in [0.15, 0.2) is 23.6 Å². The van der Waals surface area contributed by atoms with Gasteiger partial charge >= 0.3 is 0 Å². The van der Waals surface area contributed by atoms with E-state index in [9.17, 15) is 4.79 Å². The van der Waals surface area contributed by atoms with E-state index in [0.29, 0.717) is 22.9 Å². The van der Waals surface area contributed by atoms with Crippen LogP contribution in [0.3, 0.4) is 0 Å². The van der Waals surface area contributed by atoms with Gasteiger partial charge in [0.1, 0.15) is 22.2 Å². The van der Waals surface area contributed by atoms with E-state index in [1.54, 1.807) is 37.8 Å². The third-order valence-corrected chi connectivity index (χ3v) is 4.74. The summed E-state index contributed by atoms with van der Waals surface area (Å²) in [6.45, 7) is 4.02. The van der Waals surface area contributed by atoms with E-state index in [4.69, 9.17) is 14.2 Å². The van der Waals surface area contributed by atoms with E-state index < -0.39 is 0 Å². The number of carbonyl (C=O) groups is 1. The molecule has 1 aliphatic heterocycles. The number of nitrogens with zero attached hydrogens (tertiary/aromatic N) is 2. The van der Waals surface area contributed by atoms with Gasteiger partial charge in [0, 0.05) is 24.5 Å². The molecule has 3 rings (SSSR count). The summed E-state index contributed by atoms with van der Waals surface area (Å²) in [7, 11) is 3.13. The predicted molar refractivity (Wildman–Crippen MR) is 95.7 cm³/mol. The van der Waals surface area contributed by atoms with Crippen LogP contribution in [0.1, 0.15) is 15.5 Å². The Kier molecular flexibility index (Phi) is 5.85. The van der Waals surface area contributed by atoms with Gasteiger partial charge in [-0.2, -0.15) is 0 Å². The first kappa shape index (κ1) is 17.7. The zero-order chi connectivity index (χ0) is 17.6. The third kappa shape index (κ3) is 4.47. The number of carbonyl (C=O) groups excluding carboxylic acids is 1. The van der Waals surface area contributed by atoms with Gasteiger partial charge in [-0.3, -0.25) is 9.69 Å². The first-order chi connectivity index (χ1) is 12.2. The van der Waals surface area contributed by atoms with Crippen molar-refractivity contribution in [2.24, 2.45) is 0 Å². The van der Waals surface area contributed by atoms with E-state index >= 15 is 0 Å². The van der Waals surface area contributed by atoms with Crippen LogP contribution in [0.2, 0.25) is 0 Å². The van der Waals surface area contributed by atoms with Crippen LogP contribution in [0, 0.1) is 0 Å². The summed E-state index contributed by atoms with van der Waals surface area (Å²) in [5.74, 6) is 0.945. The molecule has 0 bridgehead atoms. The molecule has 0 unspecified atom stereocenters. The molecule has 1 aliphatic rings. The molecule has 1 amide bonds. The maximum Gasteiger partial charge on any atom is 0.275 e. The van der Waals surface area contributed by atoms with Crippen molar-refractivity contribution in [3.63, 3.8) is 0 Å². The zero-order valence-electron chi connectivity index (χ0n) is 14.3. The highest BCUT2D eigenvalue weighted by Crippen LogP contribution is 2.29. The van der Waals surface area contributed by atoms with Crippen molar-refractivity contribution < 1.29 is 19.0 Å². The van der Waals surface area contributed by atoms with Crippen LogP contribution >= 0.6 is 11.3 Å². The van der Waals surface area contributed by atoms with Gasteiger partial charge in [0.2, 0.25) is 0 Å². The molecule has 0 saturated carbocycles. The van der Waals surface area contributed by atoms with Gasteiger partial charge in [0.05, 0.1) is 39.7 Å². The molecular weight excluding hydrogens is 342 g/mol. The number of anilines is 1. The van der Waals surface area contributed by atoms with E-state index in [1.807, 2.05) is 0 Å². The van der Waals surface area contributed by atoms with Gasteiger partial charge in [-0.25, -0.2) is 4.98 Å². The summed E-state index contributed by atoms with van der Waals surface area (Å²) in [5.41, 5.74) is 0.988. The van der Waals surface area contributed by atoms with Crippen molar-refractivity contribution in [1.29, 1.82) is 0 Å². The van der Waals surface area contributed by atoms with Crippen LogP contribution in [-0.4, -0.2) is 56.3 Å². The quantitative estimate of drug-likeness (QED) is 0.849. The van der Waals surface area contributed by atoms with E-state index in [1.165, 1.54) is 11.3 Å². The van der Waals surface area contributed by atoms with E-state index in [2.05, 4.69) is 15.2 Å². The smallest absolute Gasteiger partial charge is 0.275 e. The first-order valence-corrected chi connectivity index (χ1v) is 8.85. The Morgan fingerprint density at radius 3 is 2.84 bits per heavy atom. The molecule has 2 heterocycles. The Labute approximate surface area is 150 Å². The van der Waals surface area contributed by atoms with Gasteiger partial charge < -0.3 is 19.5 Å². The number of hydrogen-bond acceptors (Lipinski definition) is 7. The predicted octanol–water partition coefficient (Wildman–Crippen LogP) is 2.24. The molecule has 0 aliphatic carbocycles. The Hall–Kier alpha value is -2.16. The number of aromatic nitrogens is 1. The van der Waals surface area contributed by atoms with Crippen molar-refractivity contribution in [2.75, 3.05) is 45.8 Å². The molecule has 1 aromatic carbocycles. The summed E-state index contributed by atoms with van der Waals surface area (Å²) in [4.78, 5) is 19.2. The zero-order valence-corrected chi connectivity index (χ0v) is 15.1. The molecule has 134 valence electrons. The standard InChI is InChI=1S/C17H21N3O4S/c1-22-12-3-4-13(15(9-12)23-2)19-17(21)14-11-25-16(18-14)10-20-5-7-24-8-6-20/h3-4,9,11H,5-8,10H2,1-2H3,(H,19,21). The third-order valence-electron chi connectivity index (χ3n) is 3.90. The minimum Gasteiger partial charge on any atom is -0.497 e. The van der Waals surface area contributed by atoms with Crippen molar-refractivity contribution in [2.45, 2.75) is 6.54 Å². The lowest BCUT2D eigenvalue weighted by Gasteiger charge is -2.25. The lowest BCUT2D eigenvalue weighted by atomic mass is 10.2. The van der Waals surface area contributed by atoms with Gasteiger partial charge in [-0.05, 0) is 12.1 Å². The highest BCUT2D eigenvalue weighted by molar-refractivity contribution is 7.09. The molecular formula is C17H21N3O4S. The van der Waals surface area contributed by atoms with Gasteiger partial charge in [-0.1, -0.05) is 0 Å². The van der Waals surface area contributed by atoms with Crippen molar-refractivity contribution in [1.82, 2.24) is 9.88 Å². The maximum absolute atomic E-state index is 12.5. The van der Waals surface area contributed by atoms with Crippen LogP contribution in [-0.2, 0) is 11.3 Å². The summed E-state index contributed by atoms with van der Waals surface area (Å²) >= 11 is 1.49. The van der Waals surface area contributed by atoms with Crippen LogP contribution in [0.25, 0.3) is 0 Å². The fraction of sp³-hybridized carbons (Fsp3) is 0.412. The number of morpholine rings is 1. The topological polar surface area (TPSA) is 72.9 Å². The molecule has 1 aromatic heterocycles. The van der Waals surface area contributed by atoms with Gasteiger partial charge in [0.25, 0.3) is 5.91 Å². The largest absolute Gasteiger partial charge is 0.497 e. The monoisotopic (exact) mass is 363 g/mol. The minimum atomic E-state index is -0.257. The molecule has 0 radical (unpaired) electrons. The number of nitrogens with one attached hydrogen (secondary N) is 1. The Morgan fingerprint density at radius 2 is 2.12 bits per heavy atom. The normalized spacial score (nSPS) is 15.0.